The third-order valence-electron chi connectivity index (χ3n) is 1.44. The molecule has 1 unspecified atom stereocenters. The number of nitrogens with two attached hydrogens (primary N) is 1. The van der Waals surface area contributed by atoms with Gasteiger partial charge in [-0.1, -0.05) is 6.92 Å². The highest BCUT2D eigenvalue weighted by atomic mass is 16.4. The lowest BCUT2D eigenvalue weighted by molar-refractivity contribution is -0.148. The second kappa shape index (κ2) is 8.95. The number of rotatable bonds is 5. The molecule has 0 saturated carbocycles. The lowest BCUT2D eigenvalue weighted by Gasteiger charge is -2.03. The van der Waals surface area contributed by atoms with E-state index in [1.807, 2.05) is 0 Å². The minimum absolute atomic E-state index is 0.278. The van der Waals surface area contributed by atoms with Crippen LogP contribution in [0, 0.1) is 5.92 Å². The van der Waals surface area contributed by atoms with E-state index in [0.717, 1.165) is 0 Å². The molecule has 15 heavy (non-hydrogen) atoms. The summed E-state index contributed by atoms with van der Waals surface area (Å²) in [6.07, 6.45) is 0.0769. The van der Waals surface area contributed by atoms with Gasteiger partial charge in [0.2, 0.25) is 0 Å². The fraction of sp³-hybridized carbons (Fsp3) is 0.625. The van der Waals surface area contributed by atoms with E-state index in [0.29, 0.717) is 6.42 Å². The predicted octanol–water partition coefficient (Wildman–Crippen LogP) is -0.398. The zero-order chi connectivity index (χ0) is 12.4. The standard InChI is InChI=1S/C6H10O4.C2H5NO2/c1-2-4(6(9)10)3-5(7)8;3-1-2(4)5/h4H,2-3H2,1H3,(H,7,8)(H,9,10);1,3H2,(H,4,5). The van der Waals surface area contributed by atoms with Gasteiger partial charge in [0, 0.05) is 0 Å². The van der Waals surface area contributed by atoms with Gasteiger partial charge in [0.15, 0.2) is 0 Å². The second-order valence-corrected chi connectivity index (χ2v) is 2.64. The van der Waals surface area contributed by atoms with Crippen LogP contribution in [0.25, 0.3) is 0 Å². The summed E-state index contributed by atoms with van der Waals surface area (Å²) in [5.74, 6) is -3.80. The van der Waals surface area contributed by atoms with Crippen molar-refractivity contribution in [1.82, 2.24) is 0 Å². The molecule has 5 N–H and O–H groups in total. The average Bonchev–Trinajstić information content (AvgIpc) is 2.14. The molecule has 0 aromatic carbocycles. The number of carbonyl (C=O) groups is 3. The Morgan fingerprint density at radius 1 is 1.13 bits per heavy atom. The van der Waals surface area contributed by atoms with Gasteiger partial charge in [0.1, 0.15) is 0 Å². The van der Waals surface area contributed by atoms with Crippen molar-refractivity contribution in [2.45, 2.75) is 19.8 Å². The first kappa shape index (κ1) is 15.8. The van der Waals surface area contributed by atoms with Crippen LogP contribution in [-0.2, 0) is 14.4 Å². The first-order valence-electron chi connectivity index (χ1n) is 4.21. The van der Waals surface area contributed by atoms with Gasteiger partial charge in [0.05, 0.1) is 18.9 Å². The molecule has 1 atom stereocenters. The minimum atomic E-state index is -1.06. The van der Waals surface area contributed by atoms with Crippen molar-refractivity contribution in [2.75, 3.05) is 6.54 Å². The molecule has 0 rings (SSSR count). The van der Waals surface area contributed by atoms with Crippen LogP contribution >= 0.6 is 0 Å². The van der Waals surface area contributed by atoms with Crippen LogP contribution < -0.4 is 5.73 Å². The molecule has 0 aromatic heterocycles. The van der Waals surface area contributed by atoms with Crippen LogP contribution in [0.15, 0.2) is 0 Å². The fourth-order valence-corrected chi connectivity index (χ4v) is 0.617. The minimum Gasteiger partial charge on any atom is -0.481 e. The monoisotopic (exact) mass is 221 g/mol. The quantitative estimate of drug-likeness (QED) is 0.495. The van der Waals surface area contributed by atoms with E-state index in [9.17, 15) is 14.4 Å². The Morgan fingerprint density at radius 2 is 1.53 bits per heavy atom. The SMILES string of the molecule is CCC(CC(=O)O)C(=O)O.NCC(=O)O. The van der Waals surface area contributed by atoms with Crippen molar-refractivity contribution in [3.63, 3.8) is 0 Å². The van der Waals surface area contributed by atoms with Crippen molar-refractivity contribution >= 4 is 17.9 Å². The van der Waals surface area contributed by atoms with E-state index in [4.69, 9.17) is 15.3 Å². The van der Waals surface area contributed by atoms with Crippen molar-refractivity contribution in [2.24, 2.45) is 11.7 Å². The zero-order valence-electron chi connectivity index (χ0n) is 8.34. The van der Waals surface area contributed by atoms with Gasteiger partial charge in [-0.25, -0.2) is 0 Å². The molecule has 0 radical (unpaired) electrons. The molecule has 7 heteroatoms. The normalized spacial score (nSPS) is 10.8. The van der Waals surface area contributed by atoms with Crippen LogP contribution in [-0.4, -0.2) is 39.8 Å². The van der Waals surface area contributed by atoms with Crippen LogP contribution in [0.1, 0.15) is 19.8 Å². The molecule has 0 aliphatic rings. The summed E-state index contributed by atoms with van der Waals surface area (Å²) >= 11 is 0. The third-order valence-corrected chi connectivity index (χ3v) is 1.44. The molecule has 0 fully saturated rings. The highest BCUT2D eigenvalue weighted by Gasteiger charge is 2.17. The van der Waals surface area contributed by atoms with E-state index < -0.39 is 23.8 Å². The Morgan fingerprint density at radius 3 is 1.60 bits per heavy atom. The Balaban J connectivity index is 0. The highest BCUT2D eigenvalue weighted by Crippen LogP contribution is 2.07. The summed E-state index contributed by atoms with van der Waals surface area (Å²) < 4.78 is 0. The van der Waals surface area contributed by atoms with Gasteiger partial charge < -0.3 is 21.1 Å². The summed E-state index contributed by atoms with van der Waals surface area (Å²) in [5.41, 5.74) is 4.57. The van der Waals surface area contributed by atoms with E-state index in [2.05, 4.69) is 5.73 Å². The van der Waals surface area contributed by atoms with E-state index in [1.54, 1.807) is 6.92 Å². The lowest BCUT2D eigenvalue weighted by atomic mass is 10.0. The second-order valence-electron chi connectivity index (χ2n) is 2.64. The molecular formula is C8H15NO6. The maximum Gasteiger partial charge on any atom is 0.317 e. The molecule has 0 amide bonds. The number of hydrogen-bond donors (Lipinski definition) is 4. The number of carboxylic acids is 3. The van der Waals surface area contributed by atoms with E-state index in [1.165, 1.54) is 0 Å². The molecule has 0 heterocycles. The molecule has 0 aliphatic heterocycles. The van der Waals surface area contributed by atoms with E-state index >= 15 is 0 Å². The molecule has 7 nitrogen and oxygen atoms in total. The molecule has 0 saturated heterocycles. The summed E-state index contributed by atoms with van der Waals surface area (Å²) in [6, 6.07) is 0. The maximum atomic E-state index is 10.2. The third kappa shape index (κ3) is 12.4. The van der Waals surface area contributed by atoms with Crippen molar-refractivity contribution in [1.29, 1.82) is 0 Å². The van der Waals surface area contributed by atoms with Crippen LogP contribution in [0.3, 0.4) is 0 Å². The lowest BCUT2D eigenvalue weighted by Crippen LogP contribution is -2.16. The van der Waals surface area contributed by atoms with Gasteiger partial charge >= 0.3 is 17.9 Å². The fourth-order valence-electron chi connectivity index (χ4n) is 0.617. The Labute approximate surface area is 86.5 Å². The molecular weight excluding hydrogens is 206 g/mol. The van der Waals surface area contributed by atoms with Gasteiger partial charge in [-0.3, -0.25) is 14.4 Å². The van der Waals surface area contributed by atoms with Gasteiger partial charge in [-0.05, 0) is 6.42 Å². The number of hydrogen-bond acceptors (Lipinski definition) is 4. The smallest absolute Gasteiger partial charge is 0.317 e. The number of aliphatic carboxylic acids is 3. The van der Waals surface area contributed by atoms with Crippen molar-refractivity contribution < 1.29 is 29.7 Å². The Bertz CT molecular complexity index is 227. The molecule has 0 aliphatic carbocycles. The Kier molecular flexibility index (Phi) is 9.44. The average molecular weight is 221 g/mol. The van der Waals surface area contributed by atoms with Crippen LogP contribution in [0.4, 0.5) is 0 Å². The Hall–Kier alpha value is -1.63. The van der Waals surface area contributed by atoms with Gasteiger partial charge in [-0.15, -0.1) is 0 Å². The van der Waals surface area contributed by atoms with Crippen LogP contribution in [0.5, 0.6) is 0 Å². The van der Waals surface area contributed by atoms with Crippen molar-refractivity contribution in [3.05, 3.63) is 0 Å². The summed E-state index contributed by atoms with van der Waals surface area (Å²) in [7, 11) is 0. The molecule has 0 bridgehead atoms. The molecule has 0 aromatic rings. The van der Waals surface area contributed by atoms with Gasteiger partial charge in [-0.2, -0.15) is 0 Å². The first-order valence-corrected chi connectivity index (χ1v) is 4.21. The number of carboxylic acid groups (broad SMARTS) is 3. The van der Waals surface area contributed by atoms with Gasteiger partial charge in [0.25, 0.3) is 0 Å². The molecule has 88 valence electrons. The topological polar surface area (TPSA) is 138 Å². The summed E-state index contributed by atoms with van der Waals surface area (Å²) in [6.45, 7) is 1.38. The molecule has 0 spiro atoms. The summed E-state index contributed by atoms with van der Waals surface area (Å²) in [4.78, 5) is 29.5. The van der Waals surface area contributed by atoms with Crippen LogP contribution in [0.2, 0.25) is 0 Å². The van der Waals surface area contributed by atoms with E-state index in [-0.39, 0.29) is 13.0 Å². The highest BCUT2D eigenvalue weighted by molar-refractivity contribution is 5.77. The van der Waals surface area contributed by atoms with Crippen molar-refractivity contribution in [3.8, 4) is 0 Å². The maximum absolute atomic E-state index is 10.2. The largest absolute Gasteiger partial charge is 0.481 e. The zero-order valence-corrected chi connectivity index (χ0v) is 8.34. The predicted molar refractivity (Wildman–Crippen MR) is 50.4 cm³/mol. The first-order chi connectivity index (χ1) is 6.84. The summed E-state index contributed by atoms with van der Waals surface area (Å²) in [5, 5.41) is 24.2.